The molecule has 0 bridgehead atoms. The van der Waals surface area contributed by atoms with Crippen LogP contribution >= 0.6 is 0 Å². The van der Waals surface area contributed by atoms with Gasteiger partial charge in [0.05, 0.1) is 0 Å². The molecule has 0 aliphatic heterocycles. The van der Waals surface area contributed by atoms with Crippen LogP contribution in [-0.2, 0) is 0 Å². The monoisotopic (exact) mass is 278 g/mol. The molecule has 0 radical (unpaired) electrons. The first-order valence-electron chi connectivity index (χ1n) is 5.65. The summed E-state index contributed by atoms with van der Waals surface area (Å²) in [7, 11) is 0. The smallest absolute Gasteiger partial charge is 0.399 e. The zero-order chi connectivity index (χ0) is 14.6. The van der Waals surface area contributed by atoms with Gasteiger partial charge >= 0.3 is 6.18 Å². The molecule has 0 aromatic heterocycles. The Labute approximate surface area is 108 Å². The van der Waals surface area contributed by atoms with Crippen LogP contribution in [0.25, 0.3) is 0 Å². The standard InChI is InChI=1S/C12H14F4N2O/c1-2-3-18(7-12(14,15)16)11(19)8-4-9(13)6-10(17)5-8/h4-6H,2-3,7,17H2,1H3. The van der Waals surface area contributed by atoms with Gasteiger partial charge in [0.25, 0.3) is 5.91 Å². The molecule has 0 fully saturated rings. The van der Waals surface area contributed by atoms with E-state index in [4.69, 9.17) is 5.73 Å². The largest absolute Gasteiger partial charge is 0.406 e. The molecule has 2 N–H and O–H groups in total. The summed E-state index contributed by atoms with van der Waals surface area (Å²) >= 11 is 0. The first-order valence-corrected chi connectivity index (χ1v) is 5.65. The van der Waals surface area contributed by atoms with E-state index in [1.54, 1.807) is 6.92 Å². The normalized spacial score (nSPS) is 11.4. The van der Waals surface area contributed by atoms with Crippen molar-refractivity contribution in [2.75, 3.05) is 18.8 Å². The molecule has 1 aromatic rings. The van der Waals surface area contributed by atoms with Gasteiger partial charge in [-0.05, 0) is 24.6 Å². The molecular weight excluding hydrogens is 264 g/mol. The minimum atomic E-state index is -4.50. The SMILES string of the molecule is CCCN(CC(F)(F)F)C(=O)c1cc(N)cc(F)c1. The second kappa shape index (κ2) is 5.90. The van der Waals surface area contributed by atoms with Crippen LogP contribution in [0.3, 0.4) is 0 Å². The van der Waals surface area contributed by atoms with E-state index in [0.29, 0.717) is 11.3 Å². The molecule has 0 spiro atoms. The fourth-order valence-electron chi connectivity index (χ4n) is 1.66. The summed E-state index contributed by atoms with van der Waals surface area (Å²) in [6.45, 7) is 0.224. The fraction of sp³-hybridized carbons (Fsp3) is 0.417. The summed E-state index contributed by atoms with van der Waals surface area (Å²) in [6.07, 6.45) is -4.13. The predicted octanol–water partition coefficient (Wildman–Crippen LogP) is 2.82. The van der Waals surface area contributed by atoms with Crippen LogP contribution in [-0.4, -0.2) is 30.1 Å². The molecule has 1 rings (SSSR count). The minimum Gasteiger partial charge on any atom is -0.399 e. The van der Waals surface area contributed by atoms with E-state index in [-0.39, 0.29) is 17.8 Å². The average molecular weight is 278 g/mol. The number of hydrogen-bond donors (Lipinski definition) is 1. The number of nitrogens with zero attached hydrogens (tertiary/aromatic N) is 1. The maximum Gasteiger partial charge on any atom is 0.406 e. The molecule has 0 saturated heterocycles. The molecule has 0 aliphatic carbocycles. The minimum absolute atomic E-state index is 0.00759. The summed E-state index contributed by atoms with van der Waals surface area (Å²) < 4.78 is 50.2. The van der Waals surface area contributed by atoms with Crippen molar-refractivity contribution < 1.29 is 22.4 Å². The number of carbonyl (C=O) groups is 1. The van der Waals surface area contributed by atoms with Crippen molar-refractivity contribution in [2.45, 2.75) is 19.5 Å². The second-order valence-electron chi connectivity index (χ2n) is 4.12. The number of nitrogens with two attached hydrogens (primary N) is 1. The lowest BCUT2D eigenvalue weighted by Crippen LogP contribution is -2.39. The molecule has 0 atom stereocenters. The lowest BCUT2D eigenvalue weighted by Gasteiger charge is -2.23. The number of alkyl halides is 3. The lowest BCUT2D eigenvalue weighted by molar-refractivity contribution is -0.140. The number of benzene rings is 1. The summed E-state index contributed by atoms with van der Waals surface area (Å²) in [5, 5.41) is 0. The highest BCUT2D eigenvalue weighted by Gasteiger charge is 2.33. The van der Waals surface area contributed by atoms with Crippen molar-refractivity contribution in [3.05, 3.63) is 29.6 Å². The van der Waals surface area contributed by atoms with Crippen LogP contribution in [0.15, 0.2) is 18.2 Å². The third kappa shape index (κ3) is 4.76. The number of amides is 1. The van der Waals surface area contributed by atoms with Gasteiger partial charge in [0.2, 0.25) is 0 Å². The molecule has 0 aliphatic rings. The zero-order valence-corrected chi connectivity index (χ0v) is 10.3. The highest BCUT2D eigenvalue weighted by Crippen LogP contribution is 2.19. The number of carbonyl (C=O) groups excluding carboxylic acids is 1. The third-order valence-corrected chi connectivity index (χ3v) is 2.32. The number of nitrogen functional groups attached to an aromatic ring is 1. The van der Waals surface area contributed by atoms with Crippen molar-refractivity contribution in [3.8, 4) is 0 Å². The Bertz CT molecular complexity index is 439. The maximum atomic E-state index is 13.1. The summed E-state index contributed by atoms with van der Waals surface area (Å²) in [5.41, 5.74) is 5.17. The molecule has 0 unspecified atom stereocenters. The van der Waals surface area contributed by atoms with Crippen LogP contribution in [0, 0.1) is 5.82 Å². The van der Waals surface area contributed by atoms with Crippen molar-refractivity contribution >= 4 is 11.6 Å². The average Bonchev–Trinajstić information content (AvgIpc) is 2.24. The zero-order valence-electron chi connectivity index (χ0n) is 10.3. The quantitative estimate of drug-likeness (QED) is 0.680. The first-order chi connectivity index (χ1) is 8.73. The molecule has 0 saturated carbocycles. The predicted molar refractivity (Wildman–Crippen MR) is 63.1 cm³/mol. The highest BCUT2D eigenvalue weighted by atomic mass is 19.4. The molecule has 0 heterocycles. The van der Waals surface area contributed by atoms with Crippen molar-refractivity contribution in [2.24, 2.45) is 0 Å². The molecule has 7 heteroatoms. The maximum absolute atomic E-state index is 13.1. The Kier molecular flexibility index (Phi) is 4.74. The van der Waals surface area contributed by atoms with E-state index in [9.17, 15) is 22.4 Å². The summed E-state index contributed by atoms with van der Waals surface area (Å²) in [6, 6.07) is 3.02. The molecule has 1 aromatic carbocycles. The Hall–Kier alpha value is -1.79. The van der Waals surface area contributed by atoms with E-state index < -0.39 is 24.4 Å². The number of rotatable bonds is 4. The Balaban J connectivity index is 2.98. The van der Waals surface area contributed by atoms with E-state index in [1.165, 1.54) is 0 Å². The van der Waals surface area contributed by atoms with Gasteiger partial charge in [-0.2, -0.15) is 13.2 Å². The topological polar surface area (TPSA) is 46.3 Å². The van der Waals surface area contributed by atoms with Crippen LogP contribution in [0.4, 0.5) is 23.2 Å². The molecule has 1 amide bonds. The van der Waals surface area contributed by atoms with Gasteiger partial charge in [0, 0.05) is 17.8 Å². The van der Waals surface area contributed by atoms with Gasteiger partial charge in [-0.3, -0.25) is 4.79 Å². The van der Waals surface area contributed by atoms with E-state index in [2.05, 4.69) is 0 Å². The molecular formula is C12H14F4N2O. The molecule has 19 heavy (non-hydrogen) atoms. The Morgan fingerprint density at radius 1 is 1.32 bits per heavy atom. The molecule has 106 valence electrons. The van der Waals surface area contributed by atoms with Crippen LogP contribution < -0.4 is 5.73 Å². The summed E-state index contributed by atoms with van der Waals surface area (Å²) in [5.74, 6) is -1.64. The van der Waals surface area contributed by atoms with Crippen molar-refractivity contribution in [3.63, 3.8) is 0 Å². The third-order valence-electron chi connectivity index (χ3n) is 2.32. The van der Waals surface area contributed by atoms with Gasteiger partial charge in [-0.25, -0.2) is 4.39 Å². The van der Waals surface area contributed by atoms with E-state index in [1.807, 2.05) is 0 Å². The van der Waals surface area contributed by atoms with Crippen LogP contribution in [0.5, 0.6) is 0 Å². The lowest BCUT2D eigenvalue weighted by atomic mass is 10.1. The Morgan fingerprint density at radius 3 is 2.42 bits per heavy atom. The summed E-state index contributed by atoms with van der Waals surface area (Å²) in [4.78, 5) is 12.6. The first kappa shape index (κ1) is 15.3. The fourth-order valence-corrected chi connectivity index (χ4v) is 1.66. The Morgan fingerprint density at radius 2 is 1.95 bits per heavy atom. The number of anilines is 1. The van der Waals surface area contributed by atoms with Gasteiger partial charge < -0.3 is 10.6 Å². The second-order valence-corrected chi connectivity index (χ2v) is 4.12. The van der Waals surface area contributed by atoms with E-state index >= 15 is 0 Å². The van der Waals surface area contributed by atoms with Crippen molar-refractivity contribution in [1.29, 1.82) is 0 Å². The van der Waals surface area contributed by atoms with Gasteiger partial charge in [-0.15, -0.1) is 0 Å². The number of hydrogen-bond acceptors (Lipinski definition) is 2. The van der Waals surface area contributed by atoms with Gasteiger partial charge in [0.15, 0.2) is 0 Å². The highest BCUT2D eigenvalue weighted by molar-refractivity contribution is 5.95. The molecule has 3 nitrogen and oxygen atoms in total. The van der Waals surface area contributed by atoms with Crippen LogP contribution in [0.2, 0.25) is 0 Å². The van der Waals surface area contributed by atoms with Gasteiger partial charge in [-0.1, -0.05) is 6.92 Å². The van der Waals surface area contributed by atoms with Gasteiger partial charge in [0.1, 0.15) is 12.4 Å². The van der Waals surface area contributed by atoms with Crippen molar-refractivity contribution in [1.82, 2.24) is 4.90 Å². The number of halogens is 4. The van der Waals surface area contributed by atoms with E-state index in [0.717, 1.165) is 18.2 Å². The van der Waals surface area contributed by atoms with Crippen LogP contribution in [0.1, 0.15) is 23.7 Å².